The summed E-state index contributed by atoms with van der Waals surface area (Å²) in [5.74, 6) is -0.356. The number of aromatic nitrogens is 3. The first-order valence-corrected chi connectivity index (χ1v) is 9.82. The molecule has 172 valence electrons. The zero-order chi connectivity index (χ0) is 22.9. The third-order valence-electron chi connectivity index (χ3n) is 4.86. The lowest BCUT2D eigenvalue weighted by molar-refractivity contribution is -0.141. The highest BCUT2D eigenvalue weighted by atomic mass is 35.5. The summed E-state index contributed by atoms with van der Waals surface area (Å²) < 4.78 is 62.0. The van der Waals surface area contributed by atoms with Gasteiger partial charge in [-0.05, 0) is 42.0 Å². The molecule has 0 aliphatic heterocycles. The van der Waals surface area contributed by atoms with E-state index in [1.807, 2.05) is 0 Å². The number of rotatable bonds is 5. The summed E-state index contributed by atoms with van der Waals surface area (Å²) in [4.78, 5) is 3.96. The molecule has 2 aromatic heterocycles. The van der Waals surface area contributed by atoms with Gasteiger partial charge in [0.05, 0.1) is 24.9 Å². The Balaban J connectivity index is 0.00000306. The van der Waals surface area contributed by atoms with Crippen molar-refractivity contribution in [2.75, 3.05) is 7.11 Å². The van der Waals surface area contributed by atoms with E-state index in [1.165, 1.54) is 25.6 Å². The van der Waals surface area contributed by atoms with Gasteiger partial charge >= 0.3 is 6.18 Å². The molecule has 10 heteroatoms. The van der Waals surface area contributed by atoms with Crippen LogP contribution in [0.25, 0.3) is 22.4 Å². The van der Waals surface area contributed by atoms with Gasteiger partial charge in [0, 0.05) is 28.5 Å². The van der Waals surface area contributed by atoms with Crippen LogP contribution in [0.1, 0.15) is 11.3 Å². The topological polar surface area (TPSA) is 39.9 Å². The van der Waals surface area contributed by atoms with Crippen molar-refractivity contribution in [1.82, 2.24) is 14.8 Å². The number of hydrogen-bond donors (Lipinski definition) is 0. The minimum Gasteiger partial charge on any atom is -0.496 e. The highest BCUT2D eigenvalue weighted by Crippen LogP contribution is 2.37. The maximum Gasteiger partial charge on any atom is 0.435 e. The van der Waals surface area contributed by atoms with Crippen molar-refractivity contribution in [2.45, 2.75) is 12.7 Å². The van der Waals surface area contributed by atoms with Gasteiger partial charge in [-0.2, -0.15) is 18.3 Å². The summed E-state index contributed by atoms with van der Waals surface area (Å²) in [6.45, 7) is -0.232. The molecular weight excluding hydrogens is 481 g/mol. The van der Waals surface area contributed by atoms with Crippen molar-refractivity contribution in [2.24, 2.45) is 0 Å². The lowest BCUT2D eigenvalue weighted by atomic mass is 10.0. The number of ether oxygens (including phenoxy) is 1. The molecule has 0 saturated carbocycles. The molecular formula is C23H17Cl2F4N3O. The highest BCUT2D eigenvalue weighted by molar-refractivity contribution is 6.30. The van der Waals surface area contributed by atoms with Crippen molar-refractivity contribution in [1.29, 1.82) is 0 Å². The Morgan fingerprint density at radius 3 is 2.42 bits per heavy atom. The minimum absolute atomic E-state index is 0. The van der Waals surface area contributed by atoms with Crippen LogP contribution in [0.5, 0.6) is 5.75 Å². The quantitative estimate of drug-likeness (QED) is 0.281. The maximum atomic E-state index is 15.6. The maximum absolute atomic E-state index is 15.6. The molecule has 33 heavy (non-hydrogen) atoms. The molecule has 0 amide bonds. The van der Waals surface area contributed by atoms with Gasteiger partial charge in [0.25, 0.3) is 0 Å². The first-order valence-electron chi connectivity index (χ1n) is 9.44. The Morgan fingerprint density at radius 2 is 1.79 bits per heavy atom. The first-order chi connectivity index (χ1) is 15.3. The van der Waals surface area contributed by atoms with E-state index in [1.54, 1.807) is 42.5 Å². The molecule has 0 N–H and O–H groups in total. The Bertz CT molecular complexity index is 1260. The van der Waals surface area contributed by atoms with E-state index >= 15 is 4.39 Å². The standard InChI is InChI=1S/C23H16ClF4N3O.ClH/c1-32-19-8-7-16(22(25)21(19)14-4-2-6-17(24)10-14)13-31-18(15-5-3-9-29-12-15)11-20(30-31)23(26,27)28;/h2-12H,13H2,1H3;1H. The van der Waals surface area contributed by atoms with Crippen LogP contribution >= 0.6 is 24.0 Å². The smallest absolute Gasteiger partial charge is 0.435 e. The average molecular weight is 498 g/mol. The summed E-state index contributed by atoms with van der Waals surface area (Å²) in [6, 6.07) is 13.8. The SMILES string of the molecule is COc1ccc(Cn2nc(C(F)(F)F)cc2-c2cccnc2)c(F)c1-c1cccc(Cl)c1.Cl. The predicted molar refractivity (Wildman–Crippen MR) is 120 cm³/mol. The predicted octanol–water partition coefficient (Wildman–Crippen LogP) is 6.90. The lowest BCUT2D eigenvalue weighted by Gasteiger charge is -2.15. The molecule has 0 aliphatic rings. The van der Waals surface area contributed by atoms with E-state index in [4.69, 9.17) is 16.3 Å². The third kappa shape index (κ3) is 5.12. The fraction of sp³-hybridized carbons (Fsp3) is 0.130. The number of benzene rings is 2. The summed E-state index contributed by atoms with van der Waals surface area (Å²) >= 11 is 6.06. The van der Waals surface area contributed by atoms with Crippen LogP contribution in [0.15, 0.2) is 67.0 Å². The van der Waals surface area contributed by atoms with E-state index in [-0.39, 0.29) is 41.5 Å². The van der Waals surface area contributed by atoms with E-state index in [0.717, 1.165) is 10.7 Å². The van der Waals surface area contributed by atoms with Gasteiger partial charge in [-0.3, -0.25) is 9.67 Å². The number of methoxy groups -OCH3 is 1. The zero-order valence-electron chi connectivity index (χ0n) is 17.1. The van der Waals surface area contributed by atoms with Crippen molar-refractivity contribution in [3.63, 3.8) is 0 Å². The summed E-state index contributed by atoms with van der Waals surface area (Å²) in [5.41, 5.74) is 0.323. The molecule has 0 fully saturated rings. The van der Waals surface area contributed by atoms with Gasteiger partial charge in [0.1, 0.15) is 11.6 Å². The number of hydrogen-bond acceptors (Lipinski definition) is 3. The highest BCUT2D eigenvalue weighted by Gasteiger charge is 2.35. The van der Waals surface area contributed by atoms with Crippen LogP contribution < -0.4 is 4.74 Å². The fourth-order valence-corrected chi connectivity index (χ4v) is 3.58. The molecule has 0 unspecified atom stereocenters. The largest absolute Gasteiger partial charge is 0.496 e. The van der Waals surface area contributed by atoms with Crippen molar-refractivity contribution in [3.8, 4) is 28.1 Å². The fourth-order valence-electron chi connectivity index (χ4n) is 3.39. The van der Waals surface area contributed by atoms with Crippen LogP contribution in [-0.2, 0) is 12.7 Å². The normalized spacial score (nSPS) is 11.2. The number of nitrogens with zero attached hydrogens (tertiary/aromatic N) is 3. The van der Waals surface area contributed by atoms with Crippen LogP contribution in [0.4, 0.5) is 17.6 Å². The summed E-state index contributed by atoms with van der Waals surface area (Å²) in [6.07, 6.45) is -1.71. The molecule has 4 aromatic rings. The third-order valence-corrected chi connectivity index (χ3v) is 5.10. The monoisotopic (exact) mass is 497 g/mol. The van der Waals surface area contributed by atoms with Gasteiger partial charge in [-0.1, -0.05) is 29.8 Å². The molecule has 2 aromatic carbocycles. The zero-order valence-corrected chi connectivity index (χ0v) is 18.7. The first kappa shape index (κ1) is 24.5. The molecule has 0 radical (unpaired) electrons. The molecule has 2 heterocycles. The van der Waals surface area contributed by atoms with Crippen LogP contribution in [0, 0.1) is 5.82 Å². The van der Waals surface area contributed by atoms with Gasteiger partial charge in [0.2, 0.25) is 0 Å². The average Bonchev–Trinajstić information content (AvgIpc) is 3.20. The van der Waals surface area contributed by atoms with Gasteiger partial charge in [-0.15, -0.1) is 12.4 Å². The Labute approximate surface area is 198 Å². The van der Waals surface area contributed by atoms with E-state index in [9.17, 15) is 13.2 Å². The van der Waals surface area contributed by atoms with E-state index in [0.29, 0.717) is 16.1 Å². The van der Waals surface area contributed by atoms with Crippen LogP contribution in [0.2, 0.25) is 5.02 Å². The van der Waals surface area contributed by atoms with Crippen LogP contribution in [0.3, 0.4) is 0 Å². The van der Waals surface area contributed by atoms with Gasteiger partial charge in [-0.25, -0.2) is 4.39 Å². The van der Waals surface area contributed by atoms with Crippen molar-refractivity contribution >= 4 is 24.0 Å². The minimum atomic E-state index is -4.65. The van der Waals surface area contributed by atoms with Crippen molar-refractivity contribution < 1.29 is 22.3 Å². The number of pyridine rings is 1. The van der Waals surface area contributed by atoms with Gasteiger partial charge in [0.15, 0.2) is 5.69 Å². The van der Waals surface area contributed by atoms with Gasteiger partial charge < -0.3 is 4.74 Å². The summed E-state index contributed by atoms with van der Waals surface area (Å²) in [5, 5.41) is 4.11. The molecule has 0 bridgehead atoms. The Morgan fingerprint density at radius 1 is 1.03 bits per heavy atom. The van der Waals surface area contributed by atoms with E-state index in [2.05, 4.69) is 10.1 Å². The second-order valence-electron chi connectivity index (χ2n) is 6.94. The second kappa shape index (κ2) is 9.80. The molecule has 0 aliphatic carbocycles. The number of halogens is 6. The molecule has 4 nitrogen and oxygen atoms in total. The van der Waals surface area contributed by atoms with Crippen molar-refractivity contribution in [3.05, 3.63) is 89.1 Å². The van der Waals surface area contributed by atoms with Crippen LogP contribution in [-0.4, -0.2) is 21.9 Å². The Kier molecular flexibility index (Phi) is 7.29. The van der Waals surface area contributed by atoms with E-state index < -0.39 is 17.7 Å². The number of alkyl halides is 3. The molecule has 0 spiro atoms. The second-order valence-corrected chi connectivity index (χ2v) is 7.37. The molecule has 0 saturated heterocycles. The summed E-state index contributed by atoms with van der Waals surface area (Å²) in [7, 11) is 1.41. The Hall–Kier alpha value is -3.10. The molecule has 4 rings (SSSR count). The lowest BCUT2D eigenvalue weighted by Crippen LogP contribution is -2.10. The molecule has 0 atom stereocenters.